The highest BCUT2D eigenvalue weighted by atomic mass is 16.3. The molecule has 0 saturated heterocycles. The molecule has 1 aromatic heterocycles. The molecule has 3 nitrogen and oxygen atoms in total. The molecular formula is C11H9NO2. The molecule has 0 amide bonds. The summed E-state index contributed by atoms with van der Waals surface area (Å²) in [5, 5.41) is 0. The average molecular weight is 187 g/mol. The molecule has 70 valence electrons. The van der Waals surface area contributed by atoms with Crippen molar-refractivity contribution in [1.29, 1.82) is 0 Å². The highest BCUT2D eigenvalue weighted by Crippen LogP contribution is 2.23. The summed E-state index contributed by atoms with van der Waals surface area (Å²) in [7, 11) is 0. The van der Waals surface area contributed by atoms with E-state index >= 15 is 0 Å². The van der Waals surface area contributed by atoms with Crippen LogP contribution >= 0.6 is 0 Å². The van der Waals surface area contributed by atoms with Crippen LogP contribution < -0.4 is 5.73 Å². The minimum atomic E-state index is 0.467. The fraction of sp³-hybridized carbons (Fsp3) is 0. The van der Waals surface area contributed by atoms with Crippen molar-refractivity contribution in [3.05, 3.63) is 42.2 Å². The maximum Gasteiger partial charge on any atom is 0.152 e. The SMILES string of the molecule is Nc1cc(-c2ccco2)ccc1C=O. The van der Waals surface area contributed by atoms with E-state index in [4.69, 9.17) is 10.2 Å². The molecule has 2 N–H and O–H groups in total. The van der Waals surface area contributed by atoms with E-state index in [0.29, 0.717) is 11.3 Å². The van der Waals surface area contributed by atoms with Crippen molar-refractivity contribution in [2.75, 3.05) is 5.73 Å². The van der Waals surface area contributed by atoms with E-state index in [1.807, 2.05) is 6.07 Å². The molecule has 1 aromatic carbocycles. The zero-order valence-corrected chi connectivity index (χ0v) is 7.44. The van der Waals surface area contributed by atoms with Gasteiger partial charge in [-0.25, -0.2) is 0 Å². The summed E-state index contributed by atoms with van der Waals surface area (Å²) in [6.45, 7) is 0. The lowest BCUT2D eigenvalue weighted by atomic mass is 10.1. The molecule has 0 saturated carbocycles. The second-order valence-electron chi connectivity index (χ2n) is 2.94. The van der Waals surface area contributed by atoms with Gasteiger partial charge in [0.1, 0.15) is 5.76 Å². The number of carbonyl (C=O) groups excluding carboxylic acids is 1. The van der Waals surface area contributed by atoms with Gasteiger partial charge in [-0.1, -0.05) is 6.07 Å². The van der Waals surface area contributed by atoms with Gasteiger partial charge in [0.2, 0.25) is 0 Å². The topological polar surface area (TPSA) is 56.2 Å². The maximum absolute atomic E-state index is 10.5. The van der Waals surface area contributed by atoms with Gasteiger partial charge in [0.05, 0.1) is 6.26 Å². The smallest absolute Gasteiger partial charge is 0.152 e. The van der Waals surface area contributed by atoms with Crippen molar-refractivity contribution < 1.29 is 9.21 Å². The average Bonchev–Trinajstić information content (AvgIpc) is 2.70. The van der Waals surface area contributed by atoms with Gasteiger partial charge in [-0.15, -0.1) is 0 Å². The van der Waals surface area contributed by atoms with Gasteiger partial charge in [-0.2, -0.15) is 0 Å². The number of anilines is 1. The lowest BCUT2D eigenvalue weighted by molar-refractivity contribution is 0.112. The normalized spacial score (nSPS) is 10.0. The highest BCUT2D eigenvalue weighted by Gasteiger charge is 2.03. The number of hydrogen-bond acceptors (Lipinski definition) is 3. The third kappa shape index (κ3) is 1.40. The summed E-state index contributed by atoms with van der Waals surface area (Å²) in [6.07, 6.45) is 2.33. The molecule has 0 aliphatic heterocycles. The molecular weight excluding hydrogens is 178 g/mol. The molecule has 0 fully saturated rings. The largest absolute Gasteiger partial charge is 0.464 e. The summed E-state index contributed by atoms with van der Waals surface area (Å²) in [5.74, 6) is 0.745. The Morgan fingerprint density at radius 3 is 2.71 bits per heavy atom. The van der Waals surface area contributed by atoms with Crippen molar-refractivity contribution in [1.82, 2.24) is 0 Å². The fourth-order valence-electron chi connectivity index (χ4n) is 1.28. The number of nitrogen functional groups attached to an aromatic ring is 1. The van der Waals surface area contributed by atoms with Gasteiger partial charge in [-0.05, 0) is 24.3 Å². The van der Waals surface area contributed by atoms with Crippen LogP contribution in [0.3, 0.4) is 0 Å². The molecule has 3 heteroatoms. The molecule has 0 aliphatic rings. The van der Waals surface area contributed by atoms with Gasteiger partial charge in [0.25, 0.3) is 0 Å². The van der Waals surface area contributed by atoms with Crippen LogP contribution in [0, 0.1) is 0 Å². The predicted octanol–water partition coefficient (Wildman–Crippen LogP) is 2.34. The van der Waals surface area contributed by atoms with Crippen LogP contribution in [0.4, 0.5) is 5.69 Å². The second kappa shape index (κ2) is 3.38. The number of benzene rings is 1. The fourth-order valence-corrected chi connectivity index (χ4v) is 1.28. The summed E-state index contributed by atoms with van der Waals surface area (Å²) in [4.78, 5) is 10.5. The van der Waals surface area contributed by atoms with Gasteiger partial charge in [0.15, 0.2) is 6.29 Å². The molecule has 2 aromatic rings. The Bertz CT molecular complexity index is 446. The van der Waals surface area contributed by atoms with E-state index in [1.54, 1.807) is 30.5 Å². The van der Waals surface area contributed by atoms with Crippen molar-refractivity contribution in [3.8, 4) is 11.3 Å². The van der Waals surface area contributed by atoms with Crippen molar-refractivity contribution >= 4 is 12.0 Å². The van der Waals surface area contributed by atoms with Crippen LogP contribution in [0.2, 0.25) is 0 Å². The first-order chi connectivity index (χ1) is 6.81. The number of rotatable bonds is 2. The Morgan fingerprint density at radius 2 is 2.14 bits per heavy atom. The number of aldehydes is 1. The van der Waals surface area contributed by atoms with Crippen LogP contribution in [0.5, 0.6) is 0 Å². The Morgan fingerprint density at radius 1 is 1.29 bits per heavy atom. The zero-order valence-electron chi connectivity index (χ0n) is 7.44. The summed E-state index contributed by atoms with van der Waals surface area (Å²) in [5.41, 5.74) is 7.51. The van der Waals surface area contributed by atoms with E-state index in [2.05, 4.69) is 0 Å². The standard InChI is InChI=1S/C11H9NO2/c12-10-6-8(3-4-9(10)7-13)11-2-1-5-14-11/h1-7H,12H2. The first-order valence-corrected chi connectivity index (χ1v) is 4.20. The second-order valence-corrected chi connectivity index (χ2v) is 2.94. The molecule has 0 atom stereocenters. The summed E-state index contributed by atoms with van der Waals surface area (Å²) >= 11 is 0. The Labute approximate surface area is 81.1 Å². The van der Waals surface area contributed by atoms with Crippen molar-refractivity contribution in [2.45, 2.75) is 0 Å². The van der Waals surface area contributed by atoms with Crippen LogP contribution in [-0.2, 0) is 0 Å². The van der Waals surface area contributed by atoms with Gasteiger partial charge in [0, 0.05) is 16.8 Å². The van der Waals surface area contributed by atoms with Gasteiger partial charge in [-0.3, -0.25) is 4.79 Å². The lowest BCUT2D eigenvalue weighted by Crippen LogP contribution is -1.92. The molecule has 1 heterocycles. The minimum Gasteiger partial charge on any atom is -0.464 e. The molecule has 2 rings (SSSR count). The van der Waals surface area contributed by atoms with Crippen LogP contribution in [0.15, 0.2) is 41.0 Å². The van der Waals surface area contributed by atoms with Gasteiger partial charge < -0.3 is 10.2 Å². The number of carbonyl (C=O) groups is 1. The molecule has 0 spiro atoms. The van der Waals surface area contributed by atoms with Crippen LogP contribution in [0.1, 0.15) is 10.4 Å². The van der Waals surface area contributed by atoms with E-state index in [1.165, 1.54) is 0 Å². The number of nitrogens with two attached hydrogens (primary N) is 1. The van der Waals surface area contributed by atoms with Crippen LogP contribution in [-0.4, -0.2) is 6.29 Å². The molecule has 0 bridgehead atoms. The number of hydrogen-bond donors (Lipinski definition) is 1. The third-order valence-electron chi connectivity index (χ3n) is 2.02. The Hall–Kier alpha value is -2.03. The van der Waals surface area contributed by atoms with E-state index in [-0.39, 0.29) is 0 Å². The Kier molecular flexibility index (Phi) is 2.07. The quantitative estimate of drug-likeness (QED) is 0.580. The van der Waals surface area contributed by atoms with E-state index < -0.39 is 0 Å². The van der Waals surface area contributed by atoms with Crippen molar-refractivity contribution in [2.24, 2.45) is 0 Å². The monoisotopic (exact) mass is 187 g/mol. The Balaban J connectivity index is 2.48. The number of furan rings is 1. The molecule has 14 heavy (non-hydrogen) atoms. The first-order valence-electron chi connectivity index (χ1n) is 4.20. The third-order valence-corrected chi connectivity index (χ3v) is 2.02. The maximum atomic E-state index is 10.5. The molecule has 0 radical (unpaired) electrons. The van der Waals surface area contributed by atoms with E-state index in [0.717, 1.165) is 17.6 Å². The summed E-state index contributed by atoms with van der Waals surface area (Å²) in [6, 6.07) is 8.86. The first kappa shape index (κ1) is 8.56. The minimum absolute atomic E-state index is 0.467. The lowest BCUT2D eigenvalue weighted by Gasteiger charge is -2.01. The van der Waals surface area contributed by atoms with E-state index in [9.17, 15) is 4.79 Å². The molecule has 0 unspecified atom stereocenters. The highest BCUT2D eigenvalue weighted by molar-refractivity contribution is 5.85. The summed E-state index contributed by atoms with van der Waals surface area (Å²) < 4.78 is 5.20. The van der Waals surface area contributed by atoms with Crippen molar-refractivity contribution in [3.63, 3.8) is 0 Å². The molecule has 0 aliphatic carbocycles. The predicted molar refractivity (Wildman–Crippen MR) is 53.9 cm³/mol. The van der Waals surface area contributed by atoms with Gasteiger partial charge >= 0.3 is 0 Å². The zero-order chi connectivity index (χ0) is 9.97. The van der Waals surface area contributed by atoms with Crippen LogP contribution in [0.25, 0.3) is 11.3 Å².